The summed E-state index contributed by atoms with van der Waals surface area (Å²) in [6.07, 6.45) is 4.43. The van der Waals surface area contributed by atoms with Gasteiger partial charge in [0.15, 0.2) is 0 Å². The van der Waals surface area contributed by atoms with E-state index in [4.69, 9.17) is 5.73 Å². The smallest absolute Gasteiger partial charge is 0.315 e. The zero-order valence-electron chi connectivity index (χ0n) is 9.51. The zero-order chi connectivity index (χ0) is 11.7. The summed E-state index contributed by atoms with van der Waals surface area (Å²) in [4.78, 5) is 21.8. The van der Waals surface area contributed by atoms with Crippen LogP contribution < -0.4 is 16.4 Å². The van der Waals surface area contributed by atoms with Gasteiger partial charge >= 0.3 is 6.03 Å². The van der Waals surface area contributed by atoms with Crippen molar-refractivity contribution < 1.29 is 9.59 Å². The summed E-state index contributed by atoms with van der Waals surface area (Å²) in [6, 6.07) is -0.960. The van der Waals surface area contributed by atoms with Gasteiger partial charge in [-0.15, -0.1) is 0 Å². The molecule has 0 aromatic rings. The quantitative estimate of drug-likeness (QED) is 0.547. The Morgan fingerprint density at radius 1 is 1.27 bits per heavy atom. The van der Waals surface area contributed by atoms with E-state index in [2.05, 4.69) is 17.6 Å². The highest BCUT2D eigenvalue weighted by Crippen LogP contribution is 1.96. The summed E-state index contributed by atoms with van der Waals surface area (Å²) in [5.74, 6) is -0.531. The molecular weight excluding hydrogens is 194 g/mol. The van der Waals surface area contributed by atoms with Crippen LogP contribution in [0.15, 0.2) is 0 Å². The number of unbranched alkanes of at least 4 members (excludes halogenated alkanes) is 3. The van der Waals surface area contributed by atoms with Crippen LogP contribution in [0.1, 0.15) is 39.5 Å². The Kier molecular flexibility index (Phi) is 7.40. The number of nitrogens with two attached hydrogens (primary N) is 1. The van der Waals surface area contributed by atoms with Gasteiger partial charge in [0.05, 0.1) is 0 Å². The molecule has 0 aliphatic carbocycles. The lowest BCUT2D eigenvalue weighted by Crippen LogP contribution is -2.46. The molecule has 0 radical (unpaired) electrons. The average molecular weight is 215 g/mol. The molecule has 0 aliphatic rings. The van der Waals surface area contributed by atoms with Gasteiger partial charge in [-0.25, -0.2) is 4.79 Å². The molecule has 0 saturated carbocycles. The minimum Gasteiger partial charge on any atom is -0.368 e. The molecular formula is C10H21N3O2. The summed E-state index contributed by atoms with van der Waals surface area (Å²) >= 11 is 0. The standard InChI is InChI=1S/C10H21N3O2/c1-3-4-5-6-7-12-10(15)13-8(2)9(11)14/h8H,3-7H2,1-2H3,(H2,11,14)(H2,12,13,15)/t8-/m0/s1. The first-order valence-corrected chi connectivity index (χ1v) is 5.41. The largest absolute Gasteiger partial charge is 0.368 e. The fraction of sp³-hybridized carbons (Fsp3) is 0.800. The highest BCUT2D eigenvalue weighted by molar-refractivity contribution is 5.85. The van der Waals surface area contributed by atoms with Crippen LogP contribution in [-0.4, -0.2) is 24.5 Å². The molecule has 5 heteroatoms. The lowest BCUT2D eigenvalue weighted by Gasteiger charge is -2.11. The zero-order valence-corrected chi connectivity index (χ0v) is 9.51. The van der Waals surface area contributed by atoms with Crippen molar-refractivity contribution in [3.63, 3.8) is 0 Å². The second-order valence-corrected chi connectivity index (χ2v) is 3.58. The van der Waals surface area contributed by atoms with Crippen LogP contribution >= 0.6 is 0 Å². The van der Waals surface area contributed by atoms with Crippen molar-refractivity contribution in [2.24, 2.45) is 5.73 Å². The fourth-order valence-corrected chi connectivity index (χ4v) is 1.07. The van der Waals surface area contributed by atoms with Gasteiger partial charge in [0.1, 0.15) is 6.04 Å². The molecule has 4 N–H and O–H groups in total. The van der Waals surface area contributed by atoms with Gasteiger partial charge in [0.25, 0.3) is 0 Å². The van der Waals surface area contributed by atoms with Crippen LogP contribution in [0.3, 0.4) is 0 Å². The summed E-state index contributed by atoms with van der Waals surface area (Å²) in [7, 11) is 0. The van der Waals surface area contributed by atoms with E-state index >= 15 is 0 Å². The van der Waals surface area contributed by atoms with Crippen molar-refractivity contribution in [2.75, 3.05) is 6.54 Å². The summed E-state index contributed by atoms with van der Waals surface area (Å²) in [5, 5.41) is 5.12. The van der Waals surface area contributed by atoms with Crippen molar-refractivity contribution in [2.45, 2.75) is 45.6 Å². The van der Waals surface area contributed by atoms with Crippen LogP contribution in [0.5, 0.6) is 0 Å². The molecule has 0 bridgehead atoms. The van der Waals surface area contributed by atoms with E-state index in [1.165, 1.54) is 12.8 Å². The summed E-state index contributed by atoms with van der Waals surface area (Å²) in [5.41, 5.74) is 5.00. The molecule has 88 valence electrons. The van der Waals surface area contributed by atoms with Gasteiger partial charge in [-0.1, -0.05) is 26.2 Å². The Morgan fingerprint density at radius 2 is 1.93 bits per heavy atom. The Bertz CT molecular complexity index is 207. The van der Waals surface area contributed by atoms with E-state index in [9.17, 15) is 9.59 Å². The Hall–Kier alpha value is -1.26. The predicted octanol–water partition coefficient (Wildman–Crippen LogP) is 0.740. The SMILES string of the molecule is CCCCCCNC(=O)N[C@@H](C)C(N)=O. The lowest BCUT2D eigenvalue weighted by atomic mass is 10.2. The van der Waals surface area contributed by atoms with Crippen LogP contribution in [0.2, 0.25) is 0 Å². The second-order valence-electron chi connectivity index (χ2n) is 3.58. The molecule has 3 amide bonds. The lowest BCUT2D eigenvalue weighted by molar-refractivity contribution is -0.119. The molecule has 0 aliphatic heterocycles. The minimum atomic E-state index is -0.624. The first-order valence-electron chi connectivity index (χ1n) is 5.41. The Labute approximate surface area is 90.8 Å². The van der Waals surface area contributed by atoms with Crippen LogP contribution in [0.4, 0.5) is 4.79 Å². The minimum absolute atomic E-state index is 0.335. The third-order valence-corrected chi connectivity index (χ3v) is 2.09. The molecule has 0 saturated heterocycles. The maximum atomic E-state index is 11.2. The van der Waals surface area contributed by atoms with E-state index < -0.39 is 11.9 Å². The fourth-order valence-electron chi connectivity index (χ4n) is 1.07. The number of amides is 3. The van der Waals surface area contributed by atoms with Gasteiger partial charge in [-0.2, -0.15) is 0 Å². The van der Waals surface area contributed by atoms with Crippen molar-refractivity contribution in [3.8, 4) is 0 Å². The van der Waals surface area contributed by atoms with Gasteiger partial charge in [0, 0.05) is 6.54 Å². The molecule has 0 unspecified atom stereocenters. The van der Waals surface area contributed by atoms with Crippen molar-refractivity contribution in [1.82, 2.24) is 10.6 Å². The molecule has 0 heterocycles. The molecule has 0 aromatic heterocycles. The van der Waals surface area contributed by atoms with Crippen LogP contribution in [0, 0.1) is 0 Å². The topological polar surface area (TPSA) is 84.2 Å². The van der Waals surface area contributed by atoms with E-state index in [0.717, 1.165) is 12.8 Å². The van der Waals surface area contributed by atoms with Gasteiger partial charge in [-0.3, -0.25) is 4.79 Å². The van der Waals surface area contributed by atoms with Gasteiger partial charge in [-0.05, 0) is 13.3 Å². The number of carbonyl (C=O) groups excluding carboxylic acids is 2. The first-order chi connectivity index (χ1) is 7.07. The number of rotatable bonds is 7. The van der Waals surface area contributed by atoms with Gasteiger partial charge in [0.2, 0.25) is 5.91 Å². The predicted molar refractivity (Wildman–Crippen MR) is 59.3 cm³/mol. The van der Waals surface area contributed by atoms with E-state index in [1.807, 2.05) is 0 Å². The maximum absolute atomic E-state index is 11.2. The summed E-state index contributed by atoms with van der Waals surface area (Å²) < 4.78 is 0. The first kappa shape index (κ1) is 13.7. The molecule has 0 fully saturated rings. The monoisotopic (exact) mass is 215 g/mol. The molecule has 0 spiro atoms. The number of hydrogen-bond acceptors (Lipinski definition) is 2. The average Bonchev–Trinajstić information content (AvgIpc) is 2.17. The Morgan fingerprint density at radius 3 is 2.47 bits per heavy atom. The summed E-state index contributed by atoms with van der Waals surface area (Å²) in [6.45, 7) is 4.32. The molecule has 0 rings (SSSR count). The molecule has 15 heavy (non-hydrogen) atoms. The number of nitrogens with one attached hydrogen (secondary N) is 2. The third-order valence-electron chi connectivity index (χ3n) is 2.09. The van der Waals surface area contributed by atoms with E-state index in [1.54, 1.807) is 6.92 Å². The van der Waals surface area contributed by atoms with E-state index in [-0.39, 0.29) is 6.03 Å². The number of primary amides is 1. The van der Waals surface area contributed by atoms with Crippen molar-refractivity contribution in [3.05, 3.63) is 0 Å². The highest BCUT2D eigenvalue weighted by atomic mass is 16.2. The number of hydrogen-bond donors (Lipinski definition) is 3. The van der Waals surface area contributed by atoms with Crippen LogP contribution in [0.25, 0.3) is 0 Å². The van der Waals surface area contributed by atoms with E-state index in [0.29, 0.717) is 6.54 Å². The van der Waals surface area contributed by atoms with Crippen LogP contribution in [-0.2, 0) is 4.79 Å². The highest BCUT2D eigenvalue weighted by Gasteiger charge is 2.10. The molecule has 1 atom stereocenters. The van der Waals surface area contributed by atoms with Crippen molar-refractivity contribution >= 4 is 11.9 Å². The second kappa shape index (κ2) is 8.08. The van der Waals surface area contributed by atoms with Crippen molar-refractivity contribution in [1.29, 1.82) is 0 Å². The molecule has 5 nitrogen and oxygen atoms in total. The number of urea groups is 1. The normalized spacial score (nSPS) is 11.9. The molecule has 0 aromatic carbocycles. The van der Waals surface area contributed by atoms with Gasteiger partial charge < -0.3 is 16.4 Å². The number of carbonyl (C=O) groups is 2. The third kappa shape index (κ3) is 7.78. The maximum Gasteiger partial charge on any atom is 0.315 e. The Balaban J connectivity index is 3.45.